The molecule has 2 rings (SSSR count). The van der Waals surface area contributed by atoms with Crippen LogP contribution in [0.15, 0.2) is 46.9 Å². The lowest BCUT2D eigenvalue weighted by Crippen LogP contribution is -2.37. The number of carbonyl (C=O) groups excluding carboxylic acids is 1. The van der Waals surface area contributed by atoms with E-state index in [4.69, 9.17) is 4.74 Å². The standard InChI is InChI=1S/C17H18BrFN2O4S/c1-3-25-16-7-5-4-6-15(16)21(26(2,23)24)11-17(22)20-14-9-8-12(18)10-13(14)19/h4-10H,3,11H2,1-2H3,(H,20,22). The second-order valence-corrected chi connectivity index (χ2v) is 8.17. The van der Waals surface area contributed by atoms with Gasteiger partial charge in [0.1, 0.15) is 18.1 Å². The molecule has 0 heterocycles. The SMILES string of the molecule is CCOc1ccccc1N(CC(=O)Nc1ccc(Br)cc1F)S(C)(=O)=O. The lowest BCUT2D eigenvalue weighted by Gasteiger charge is -2.24. The number of anilines is 2. The largest absolute Gasteiger partial charge is 0.492 e. The fourth-order valence-electron chi connectivity index (χ4n) is 2.23. The van der Waals surface area contributed by atoms with E-state index in [-0.39, 0.29) is 11.4 Å². The highest BCUT2D eigenvalue weighted by Crippen LogP contribution is 2.30. The number of hydrogen-bond acceptors (Lipinski definition) is 4. The van der Waals surface area contributed by atoms with Crippen LogP contribution < -0.4 is 14.4 Å². The highest BCUT2D eigenvalue weighted by molar-refractivity contribution is 9.10. The fraction of sp³-hybridized carbons (Fsp3) is 0.235. The number of para-hydroxylation sites is 2. The fourth-order valence-corrected chi connectivity index (χ4v) is 3.43. The summed E-state index contributed by atoms with van der Waals surface area (Å²) in [5.74, 6) is -0.973. The van der Waals surface area contributed by atoms with Gasteiger partial charge < -0.3 is 10.1 Å². The molecule has 0 aliphatic heterocycles. The van der Waals surface area contributed by atoms with Gasteiger partial charge in [0.15, 0.2) is 0 Å². The second kappa shape index (κ2) is 8.50. The molecule has 0 unspecified atom stereocenters. The molecular formula is C17H18BrFN2O4S. The molecule has 0 spiro atoms. The number of hydrogen-bond donors (Lipinski definition) is 1. The Morgan fingerprint density at radius 1 is 1.27 bits per heavy atom. The molecule has 6 nitrogen and oxygen atoms in total. The normalized spacial score (nSPS) is 11.1. The molecule has 2 aromatic rings. The Kier molecular flexibility index (Phi) is 6.60. The molecule has 0 aliphatic rings. The number of nitrogens with zero attached hydrogens (tertiary/aromatic N) is 1. The van der Waals surface area contributed by atoms with Crippen molar-refractivity contribution in [3.8, 4) is 5.75 Å². The summed E-state index contributed by atoms with van der Waals surface area (Å²) in [6.07, 6.45) is 0.989. The lowest BCUT2D eigenvalue weighted by atomic mass is 10.3. The first-order valence-corrected chi connectivity index (χ1v) is 10.3. The highest BCUT2D eigenvalue weighted by Gasteiger charge is 2.24. The number of amides is 1. The molecule has 0 radical (unpaired) electrons. The van der Waals surface area contributed by atoms with Gasteiger partial charge in [0.05, 0.1) is 24.2 Å². The molecular weight excluding hydrogens is 427 g/mol. The van der Waals surface area contributed by atoms with Crippen LogP contribution in [0.25, 0.3) is 0 Å². The van der Waals surface area contributed by atoms with Crippen molar-refractivity contribution in [3.63, 3.8) is 0 Å². The van der Waals surface area contributed by atoms with Crippen molar-refractivity contribution in [2.45, 2.75) is 6.92 Å². The van der Waals surface area contributed by atoms with E-state index in [1.165, 1.54) is 12.1 Å². The predicted molar refractivity (Wildman–Crippen MR) is 103 cm³/mol. The Morgan fingerprint density at radius 2 is 1.96 bits per heavy atom. The zero-order valence-electron chi connectivity index (χ0n) is 14.2. The third-order valence-electron chi connectivity index (χ3n) is 3.33. The summed E-state index contributed by atoms with van der Waals surface area (Å²) in [5.41, 5.74) is 0.202. The zero-order valence-corrected chi connectivity index (χ0v) is 16.6. The first kappa shape index (κ1) is 20.2. The number of benzene rings is 2. The molecule has 140 valence electrons. The monoisotopic (exact) mass is 444 g/mol. The Labute approximate surface area is 160 Å². The molecule has 0 fully saturated rings. The summed E-state index contributed by atoms with van der Waals surface area (Å²) in [7, 11) is -3.77. The summed E-state index contributed by atoms with van der Waals surface area (Å²) in [5, 5.41) is 2.38. The Bertz CT molecular complexity index is 905. The minimum atomic E-state index is -3.77. The zero-order chi connectivity index (χ0) is 19.3. The third-order valence-corrected chi connectivity index (χ3v) is 4.95. The highest BCUT2D eigenvalue weighted by atomic mass is 79.9. The molecule has 0 saturated carbocycles. The van der Waals surface area contributed by atoms with E-state index in [9.17, 15) is 17.6 Å². The minimum absolute atomic E-state index is 0.0373. The van der Waals surface area contributed by atoms with Crippen LogP contribution in [0.4, 0.5) is 15.8 Å². The van der Waals surface area contributed by atoms with Crippen LogP contribution in [0.2, 0.25) is 0 Å². The quantitative estimate of drug-likeness (QED) is 0.709. The summed E-state index contributed by atoms with van der Waals surface area (Å²) in [4.78, 5) is 12.3. The molecule has 0 aromatic heterocycles. The van der Waals surface area contributed by atoms with Crippen LogP contribution >= 0.6 is 15.9 Å². The van der Waals surface area contributed by atoms with Gasteiger partial charge in [-0.2, -0.15) is 0 Å². The maximum absolute atomic E-state index is 13.9. The number of carbonyl (C=O) groups is 1. The first-order chi connectivity index (χ1) is 12.2. The van der Waals surface area contributed by atoms with Gasteiger partial charge in [-0.05, 0) is 37.3 Å². The molecule has 0 bridgehead atoms. The smallest absolute Gasteiger partial charge is 0.245 e. The first-order valence-electron chi connectivity index (χ1n) is 7.66. The van der Waals surface area contributed by atoms with Crippen molar-refractivity contribution in [1.29, 1.82) is 0 Å². The van der Waals surface area contributed by atoms with Crippen molar-refractivity contribution in [2.75, 3.05) is 29.0 Å². The molecule has 26 heavy (non-hydrogen) atoms. The topological polar surface area (TPSA) is 75.7 Å². The summed E-state index contributed by atoms with van der Waals surface area (Å²) < 4.78 is 45.2. The van der Waals surface area contributed by atoms with E-state index >= 15 is 0 Å². The van der Waals surface area contributed by atoms with Gasteiger partial charge in [-0.3, -0.25) is 9.10 Å². The average molecular weight is 445 g/mol. The van der Waals surface area contributed by atoms with E-state index in [1.54, 1.807) is 37.3 Å². The van der Waals surface area contributed by atoms with Gasteiger partial charge in [0, 0.05) is 4.47 Å². The van der Waals surface area contributed by atoms with Crippen LogP contribution in [0.3, 0.4) is 0 Å². The predicted octanol–water partition coefficient (Wildman–Crippen LogP) is 3.39. The Balaban J connectivity index is 2.28. The van der Waals surface area contributed by atoms with Crippen molar-refractivity contribution >= 4 is 43.2 Å². The molecule has 0 atom stereocenters. The van der Waals surface area contributed by atoms with E-state index in [0.29, 0.717) is 16.8 Å². The Morgan fingerprint density at radius 3 is 2.58 bits per heavy atom. The van der Waals surface area contributed by atoms with E-state index in [1.807, 2.05) is 0 Å². The average Bonchev–Trinajstić information content (AvgIpc) is 2.55. The molecule has 1 amide bonds. The van der Waals surface area contributed by atoms with Crippen molar-refractivity contribution in [1.82, 2.24) is 0 Å². The molecule has 9 heteroatoms. The number of sulfonamides is 1. The minimum Gasteiger partial charge on any atom is -0.492 e. The number of nitrogens with one attached hydrogen (secondary N) is 1. The van der Waals surface area contributed by atoms with Crippen LogP contribution in [0.1, 0.15) is 6.92 Å². The number of rotatable bonds is 7. The van der Waals surface area contributed by atoms with Crippen LogP contribution in [0, 0.1) is 5.82 Å². The molecule has 2 aromatic carbocycles. The maximum atomic E-state index is 13.9. The van der Waals surface area contributed by atoms with Gasteiger partial charge in [-0.25, -0.2) is 12.8 Å². The van der Waals surface area contributed by atoms with Gasteiger partial charge >= 0.3 is 0 Å². The van der Waals surface area contributed by atoms with Gasteiger partial charge in [-0.1, -0.05) is 28.1 Å². The van der Waals surface area contributed by atoms with Gasteiger partial charge in [0.2, 0.25) is 15.9 Å². The Hall–Kier alpha value is -2.13. The summed E-state index contributed by atoms with van der Waals surface area (Å²) >= 11 is 3.13. The van der Waals surface area contributed by atoms with Crippen LogP contribution in [-0.2, 0) is 14.8 Å². The van der Waals surface area contributed by atoms with Gasteiger partial charge in [0.25, 0.3) is 0 Å². The van der Waals surface area contributed by atoms with Gasteiger partial charge in [-0.15, -0.1) is 0 Å². The maximum Gasteiger partial charge on any atom is 0.245 e. The summed E-state index contributed by atoms with van der Waals surface area (Å²) in [6.45, 7) is 1.59. The van der Waals surface area contributed by atoms with Crippen LogP contribution in [0.5, 0.6) is 5.75 Å². The van der Waals surface area contributed by atoms with E-state index in [0.717, 1.165) is 10.6 Å². The van der Waals surface area contributed by atoms with E-state index in [2.05, 4.69) is 21.2 Å². The van der Waals surface area contributed by atoms with Crippen molar-refractivity contribution in [3.05, 3.63) is 52.8 Å². The molecule has 0 aliphatic carbocycles. The third kappa shape index (κ3) is 5.18. The molecule has 0 saturated heterocycles. The number of halogens is 2. The summed E-state index contributed by atoms with van der Waals surface area (Å²) in [6, 6.07) is 10.7. The second-order valence-electron chi connectivity index (χ2n) is 5.34. The van der Waals surface area contributed by atoms with Crippen LogP contribution in [-0.4, -0.2) is 33.7 Å². The van der Waals surface area contributed by atoms with E-state index < -0.39 is 28.3 Å². The molecule has 1 N–H and O–H groups in total. The number of ether oxygens (including phenoxy) is 1. The lowest BCUT2D eigenvalue weighted by molar-refractivity contribution is -0.114. The van der Waals surface area contributed by atoms with Crippen molar-refractivity contribution < 1.29 is 22.3 Å². The van der Waals surface area contributed by atoms with Crippen molar-refractivity contribution in [2.24, 2.45) is 0 Å².